The Bertz CT molecular complexity index is 517. The lowest BCUT2D eigenvalue weighted by Crippen LogP contribution is -2.34. The highest BCUT2D eigenvalue weighted by molar-refractivity contribution is 5.85. The molecule has 3 unspecified atom stereocenters. The minimum Gasteiger partial charge on any atom is -0.342 e. The van der Waals surface area contributed by atoms with Crippen LogP contribution in [-0.4, -0.2) is 29.9 Å². The Labute approximate surface area is 146 Å². The number of aryl methyl sites for hydroxylation is 1. The van der Waals surface area contributed by atoms with Crippen LogP contribution in [0.15, 0.2) is 24.3 Å². The van der Waals surface area contributed by atoms with Crippen LogP contribution in [0.3, 0.4) is 0 Å². The summed E-state index contributed by atoms with van der Waals surface area (Å²) in [6.07, 6.45) is 6.45. The largest absolute Gasteiger partial charge is 0.342 e. The minimum absolute atomic E-state index is 0. The van der Waals surface area contributed by atoms with E-state index in [-0.39, 0.29) is 18.3 Å². The second-order valence-electron chi connectivity index (χ2n) is 7.06. The number of carbonyl (C=O) groups is 1. The molecule has 3 nitrogen and oxygen atoms in total. The predicted molar refractivity (Wildman–Crippen MR) is 96.8 cm³/mol. The fourth-order valence-corrected chi connectivity index (χ4v) is 4.00. The van der Waals surface area contributed by atoms with Gasteiger partial charge in [-0.1, -0.05) is 37.6 Å². The first-order valence-electron chi connectivity index (χ1n) is 8.78. The number of nitrogens with two attached hydrogens (primary N) is 1. The Hall–Kier alpha value is -1.06. The Morgan fingerprint density at radius 1 is 1.17 bits per heavy atom. The lowest BCUT2D eigenvalue weighted by molar-refractivity contribution is -0.129. The topological polar surface area (TPSA) is 46.3 Å². The first kappa shape index (κ1) is 18.3. The molecular weight excluding hydrogens is 308 g/mol. The van der Waals surface area contributed by atoms with Gasteiger partial charge in [0, 0.05) is 19.1 Å². The highest BCUT2D eigenvalue weighted by Gasteiger charge is 2.42. The smallest absolute Gasteiger partial charge is 0.227 e. The minimum atomic E-state index is 0. The maximum Gasteiger partial charge on any atom is 0.227 e. The number of hydrogen-bond acceptors (Lipinski definition) is 2. The fourth-order valence-electron chi connectivity index (χ4n) is 4.00. The average Bonchev–Trinajstić information content (AvgIpc) is 3.09. The van der Waals surface area contributed by atoms with E-state index in [2.05, 4.69) is 31.2 Å². The van der Waals surface area contributed by atoms with E-state index in [1.54, 1.807) is 0 Å². The molecule has 2 aliphatic rings. The molecule has 1 heterocycles. The van der Waals surface area contributed by atoms with Gasteiger partial charge < -0.3 is 10.6 Å². The molecule has 128 valence electrons. The summed E-state index contributed by atoms with van der Waals surface area (Å²) in [6.45, 7) is 4.01. The first-order valence-corrected chi connectivity index (χ1v) is 8.78. The molecule has 1 aliphatic heterocycles. The van der Waals surface area contributed by atoms with Gasteiger partial charge in [0.2, 0.25) is 5.91 Å². The van der Waals surface area contributed by atoms with E-state index in [1.807, 2.05) is 4.90 Å². The molecule has 1 aliphatic carbocycles. The quantitative estimate of drug-likeness (QED) is 0.897. The third-order valence-corrected chi connectivity index (χ3v) is 5.46. The number of likely N-dealkylation sites (tertiary alicyclic amines) is 1. The molecular formula is C19H29ClN2O. The van der Waals surface area contributed by atoms with Crippen LogP contribution in [0, 0.1) is 11.8 Å². The van der Waals surface area contributed by atoms with Gasteiger partial charge in [-0.3, -0.25) is 4.79 Å². The third-order valence-electron chi connectivity index (χ3n) is 5.46. The van der Waals surface area contributed by atoms with Gasteiger partial charge in [0.05, 0.1) is 6.42 Å². The molecule has 0 aromatic heterocycles. The predicted octanol–water partition coefficient (Wildman–Crippen LogP) is 3.19. The van der Waals surface area contributed by atoms with Crippen molar-refractivity contribution in [3.63, 3.8) is 0 Å². The molecule has 0 bridgehead atoms. The van der Waals surface area contributed by atoms with Gasteiger partial charge in [0.25, 0.3) is 0 Å². The van der Waals surface area contributed by atoms with Crippen molar-refractivity contribution in [3.05, 3.63) is 35.4 Å². The second kappa shape index (κ2) is 8.16. The molecule has 2 fully saturated rings. The van der Waals surface area contributed by atoms with Crippen molar-refractivity contribution in [1.29, 1.82) is 0 Å². The van der Waals surface area contributed by atoms with Crippen LogP contribution in [0.2, 0.25) is 0 Å². The van der Waals surface area contributed by atoms with Crippen LogP contribution >= 0.6 is 12.4 Å². The Morgan fingerprint density at radius 2 is 1.87 bits per heavy atom. The molecule has 0 radical (unpaired) electrons. The molecule has 3 atom stereocenters. The number of nitrogens with zero attached hydrogens (tertiary/aromatic N) is 1. The van der Waals surface area contributed by atoms with Gasteiger partial charge in [0.15, 0.2) is 0 Å². The zero-order valence-electron chi connectivity index (χ0n) is 14.0. The summed E-state index contributed by atoms with van der Waals surface area (Å²) in [5.74, 6) is 1.46. The van der Waals surface area contributed by atoms with Gasteiger partial charge >= 0.3 is 0 Å². The van der Waals surface area contributed by atoms with E-state index in [9.17, 15) is 4.79 Å². The molecule has 0 spiro atoms. The van der Waals surface area contributed by atoms with E-state index >= 15 is 0 Å². The normalized spacial score (nSPS) is 26.0. The van der Waals surface area contributed by atoms with Crippen molar-refractivity contribution in [2.45, 2.75) is 51.5 Å². The van der Waals surface area contributed by atoms with Gasteiger partial charge in [0.1, 0.15) is 0 Å². The number of benzene rings is 1. The second-order valence-corrected chi connectivity index (χ2v) is 7.06. The molecule has 4 heteroatoms. The number of amides is 1. The van der Waals surface area contributed by atoms with Crippen molar-refractivity contribution in [2.75, 3.05) is 13.1 Å². The number of rotatable bonds is 5. The Kier molecular flexibility index (Phi) is 6.49. The van der Waals surface area contributed by atoms with Gasteiger partial charge in [-0.25, -0.2) is 0 Å². The van der Waals surface area contributed by atoms with E-state index < -0.39 is 0 Å². The van der Waals surface area contributed by atoms with Crippen LogP contribution in [-0.2, 0) is 17.6 Å². The molecule has 3 rings (SSSR count). The number of hydrogen-bond donors (Lipinski definition) is 1. The zero-order valence-corrected chi connectivity index (χ0v) is 14.9. The van der Waals surface area contributed by atoms with Gasteiger partial charge in [-0.2, -0.15) is 0 Å². The van der Waals surface area contributed by atoms with Crippen LogP contribution < -0.4 is 5.73 Å². The van der Waals surface area contributed by atoms with Gasteiger partial charge in [-0.05, 0) is 48.6 Å². The SMILES string of the molecule is CCCCc1ccc(CC(=O)N2CC3CCC(N)C3C2)cc1.Cl. The summed E-state index contributed by atoms with van der Waals surface area (Å²) >= 11 is 0. The Morgan fingerprint density at radius 3 is 2.52 bits per heavy atom. The van der Waals surface area contributed by atoms with Gasteiger partial charge in [-0.15, -0.1) is 12.4 Å². The maximum atomic E-state index is 12.5. The number of fused-ring (bicyclic) bond motifs is 1. The standard InChI is InChI=1S/C19H28N2O.ClH/c1-2-3-4-14-5-7-15(8-6-14)11-19(22)21-12-16-9-10-18(20)17(16)13-21;/h5-8,16-18H,2-4,9-13,20H2,1H3;1H. The summed E-state index contributed by atoms with van der Waals surface area (Å²) in [6, 6.07) is 8.89. The molecule has 2 N–H and O–H groups in total. The summed E-state index contributed by atoms with van der Waals surface area (Å²) in [4.78, 5) is 14.5. The van der Waals surface area contributed by atoms with Crippen molar-refractivity contribution < 1.29 is 4.79 Å². The van der Waals surface area contributed by atoms with E-state index in [0.717, 1.165) is 31.5 Å². The number of unbranched alkanes of at least 4 members (excludes halogenated alkanes) is 1. The molecule has 1 amide bonds. The molecule has 1 aromatic carbocycles. The van der Waals surface area contributed by atoms with Crippen LogP contribution in [0.5, 0.6) is 0 Å². The monoisotopic (exact) mass is 336 g/mol. The van der Waals surface area contributed by atoms with Crippen LogP contribution in [0.1, 0.15) is 43.7 Å². The van der Waals surface area contributed by atoms with E-state index in [0.29, 0.717) is 24.3 Å². The maximum absolute atomic E-state index is 12.5. The molecule has 1 saturated carbocycles. The first-order chi connectivity index (χ1) is 10.7. The fraction of sp³-hybridized carbons (Fsp3) is 0.632. The van der Waals surface area contributed by atoms with Crippen LogP contribution in [0.25, 0.3) is 0 Å². The van der Waals surface area contributed by atoms with Crippen molar-refractivity contribution in [2.24, 2.45) is 17.6 Å². The summed E-state index contributed by atoms with van der Waals surface area (Å²) in [7, 11) is 0. The van der Waals surface area contributed by atoms with Crippen molar-refractivity contribution in [3.8, 4) is 0 Å². The lowest BCUT2D eigenvalue weighted by atomic mass is 9.98. The molecule has 1 aromatic rings. The highest BCUT2D eigenvalue weighted by atomic mass is 35.5. The van der Waals surface area contributed by atoms with E-state index in [1.165, 1.54) is 24.8 Å². The van der Waals surface area contributed by atoms with Crippen molar-refractivity contribution in [1.82, 2.24) is 4.90 Å². The van der Waals surface area contributed by atoms with Crippen LogP contribution in [0.4, 0.5) is 0 Å². The summed E-state index contributed by atoms with van der Waals surface area (Å²) < 4.78 is 0. The third kappa shape index (κ3) is 4.27. The summed E-state index contributed by atoms with van der Waals surface area (Å²) in [5.41, 5.74) is 8.66. The molecule has 23 heavy (non-hydrogen) atoms. The Balaban J connectivity index is 0.00000192. The highest BCUT2D eigenvalue weighted by Crippen LogP contribution is 2.37. The molecule has 1 saturated heterocycles. The average molecular weight is 337 g/mol. The number of carbonyl (C=O) groups excluding carboxylic acids is 1. The summed E-state index contributed by atoms with van der Waals surface area (Å²) in [5, 5.41) is 0. The lowest BCUT2D eigenvalue weighted by Gasteiger charge is -2.19. The van der Waals surface area contributed by atoms with Crippen molar-refractivity contribution >= 4 is 18.3 Å². The zero-order chi connectivity index (χ0) is 15.5. The number of halogens is 1. The van der Waals surface area contributed by atoms with E-state index in [4.69, 9.17) is 5.73 Å².